The molecule has 1 aromatic heterocycles. The molecule has 0 aromatic carbocycles. The molecular weight excluding hydrogens is 278 g/mol. The van der Waals surface area contributed by atoms with Gasteiger partial charge in [0, 0.05) is 36.3 Å². The second-order valence-corrected chi connectivity index (χ2v) is 7.36. The predicted molar refractivity (Wildman–Crippen MR) is 94.5 cm³/mol. The lowest BCUT2D eigenvalue weighted by Gasteiger charge is -2.34. The van der Waals surface area contributed by atoms with Gasteiger partial charge in [-0.1, -0.05) is 20.8 Å². The third-order valence-electron chi connectivity index (χ3n) is 3.90. The van der Waals surface area contributed by atoms with Crippen LogP contribution in [0.5, 0.6) is 0 Å². The summed E-state index contributed by atoms with van der Waals surface area (Å²) >= 11 is 2.05. The van der Waals surface area contributed by atoms with E-state index in [1.54, 1.807) is 0 Å². The predicted octanol–water partition coefficient (Wildman–Crippen LogP) is 3.65. The van der Waals surface area contributed by atoms with Crippen LogP contribution in [-0.2, 0) is 6.54 Å². The van der Waals surface area contributed by atoms with Crippen LogP contribution in [0.2, 0.25) is 0 Å². The minimum atomic E-state index is 0.476. The molecular formula is C17H29N3S. The maximum Gasteiger partial charge on any atom is 0.129 e. The van der Waals surface area contributed by atoms with Crippen LogP contribution in [0.4, 0.5) is 5.82 Å². The highest BCUT2D eigenvalue weighted by Gasteiger charge is 2.21. The quantitative estimate of drug-likeness (QED) is 0.812. The van der Waals surface area contributed by atoms with Crippen LogP contribution in [-0.4, -0.2) is 35.6 Å². The Balaban J connectivity index is 2.22. The Kier molecular flexibility index (Phi) is 6.37. The van der Waals surface area contributed by atoms with Gasteiger partial charge in [-0.2, -0.15) is 11.8 Å². The van der Waals surface area contributed by atoms with E-state index in [9.17, 15) is 0 Å². The molecule has 1 aliphatic rings. The third kappa shape index (κ3) is 4.62. The lowest BCUT2D eigenvalue weighted by Crippen LogP contribution is -2.41. The molecule has 4 heteroatoms. The van der Waals surface area contributed by atoms with Gasteiger partial charge in [0.2, 0.25) is 0 Å². The van der Waals surface area contributed by atoms with Crippen molar-refractivity contribution in [1.82, 2.24) is 10.3 Å². The smallest absolute Gasteiger partial charge is 0.129 e. The zero-order valence-corrected chi connectivity index (χ0v) is 14.7. The summed E-state index contributed by atoms with van der Waals surface area (Å²) in [4.78, 5) is 7.40. The topological polar surface area (TPSA) is 28.2 Å². The highest BCUT2D eigenvalue weighted by atomic mass is 32.2. The first-order chi connectivity index (χ1) is 10.1. The van der Waals surface area contributed by atoms with Gasteiger partial charge in [-0.15, -0.1) is 0 Å². The molecule has 0 saturated carbocycles. The Hall–Kier alpha value is -0.740. The van der Waals surface area contributed by atoms with Crippen molar-refractivity contribution in [2.24, 2.45) is 0 Å². The van der Waals surface area contributed by atoms with Crippen LogP contribution in [0, 0.1) is 0 Å². The minimum Gasteiger partial charge on any atom is -0.352 e. The van der Waals surface area contributed by atoms with E-state index < -0.39 is 0 Å². The lowest BCUT2D eigenvalue weighted by atomic mass is 10.1. The normalized spacial score (nSPS) is 19.3. The van der Waals surface area contributed by atoms with Crippen molar-refractivity contribution >= 4 is 17.6 Å². The summed E-state index contributed by atoms with van der Waals surface area (Å²) in [5.74, 6) is 4.06. The van der Waals surface area contributed by atoms with E-state index in [-0.39, 0.29) is 0 Å². The van der Waals surface area contributed by atoms with Crippen molar-refractivity contribution in [3.63, 3.8) is 0 Å². The Morgan fingerprint density at radius 2 is 2.24 bits per heavy atom. The van der Waals surface area contributed by atoms with Crippen LogP contribution in [0.3, 0.4) is 0 Å². The minimum absolute atomic E-state index is 0.476. The van der Waals surface area contributed by atoms with Crippen LogP contribution >= 0.6 is 11.8 Å². The third-order valence-corrected chi connectivity index (χ3v) is 5.09. The van der Waals surface area contributed by atoms with Crippen molar-refractivity contribution in [2.45, 2.75) is 52.6 Å². The van der Waals surface area contributed by atoms with Gasteiger partial charge in [-0.3, -0.25) is 0 Å². The molecule has 2 heterocycles. The molecule has 2 rings (SSSR count). The molecule has 1 aromatic rings. The van der Waals surface area contributed by atoms with Crippen molar-refractivity contribution in [2.75, 3.05) is 29.5 Å². The molecule has 3 nitrogen and oxygen atoms in total. The summed E-state index contributed by atoms with van der Waals surface area (Å²) in [5.41, 5.74) is 2.58. The molecule has 1 atom stereocenters. The monoisotopic (exact) mass is 307 g/mol. The number of anilines is 1. The average molecular weight is 308 g/mol. The first kappa shape index (κ1) is 16.6. The first-order valence-electron chi connectivity index (χ1n) is 8.17. The standard InChI is InChI=1S/C17H29N3S/c1-5-6-18-11-15-9-16(13(2)3)19-17(10-15)20-7-8-21-12-14(20)4/h9-10,13-14,18H,5-8,11-12H2,1-4H3. The number of hydrogen-bond donors (Lipinski definition) is 1. The van der Waals surface area contributed by atoms with Crippen molar-refractivity contribution < 1.29 is 0 Å². The summed E-state index contributed by atoms with van der Waals surface area (Å²) in [5, 5.41) is 3.51. The van der Waals surface area contributed by atoms with Gasteiger partial charge < -0.3 is 10.2 Å². The van der Waals surface area contributed by atoms with Gasteiger partial charge >= 0.3 is 0 Å². The van der Waals surface area contributed by atoms with E-state index in [0.29, 0.717) is 12.0 Å². The number of nitrogens with zero attached hydrogens (tertiary/aromatic N) is 2. The summed E-state index contributed by atoms with van der Waals surface area (Å²) in [7, 11) is 0. The summed E-state index contributed by atoms with van der Waals surface area (Å²) in [6.45, 7) is 12.1. The Morgan fingerprint density at radius 3 is 2.90 bits per heavy atom. The fraction of sp³-hybridized carbons (Fsp3) is 0.706. The average Bonchev–Trinajstić information content (AvgIpc) is 2.47. The number of nitrogens with one attached hydrogen (secondary N) is 1. The summed E-state index contributed by atoms with van der Waals surface area (Å²) in [6, 6.07) is 5.12. The van der Waals surface area contributed by atoms with Crippen molar-refractivity contribution in [3.05, 3.63) is 23.4 Å². The fourth-order valence-electron chi connectivity index (χ4n) is 2.62. The molecule has 1 aliphatic heterocycles. The van der Waals surface area contributed by atoms with Crippen molar-refractivity contribution in [1.29, 1.82) is 0 Å². The molecule has 21 heavy (non-hydrogen) atoms. The van der Waals surface area contributed by atoms with E-state index >= 15 is 0 Å². The summed E-state index contributed by atoms with van der Waals surface area (Å²) < 4.78 is 0. The molecule has 0 bridgehead atoms. The SMILES string of the molecule is CCCNCc1cc(C(C)C)nc(N2CCSCC2C)c1. The number of hydrogen-bond acceptors (Lipinski definition) is 4. The number of thioether (sulfide) groups is 1. The van der Waals surface area contributed by atoms with E-state index in [0.717, 1.165) is 19.6 Å². The van der Waals surface area contributed by atoms with Gasteiger partial charge in [-0.05, 0) is 43.5 Å². The van der Waals surface area contributed by atoms with Crippen LogP contribution in [0.1, 0.15) is 51.3 Å². The van der Waals surface area contributed by atoms with Crippen LogP contribution in [0.15, 0.2) is 12.1 Å². The van der Waals surface area contributed by atoms with Crippen LogP contribution in [0.25, 0.3) is 0 Å². The molecule has 1 N–H and O–H groups in total. The first-order valence-corrected chi connectivity index (χ1v) is 9.33. The lowest BCUT2D eigenvalue weighted by molar-refractivity contribution is 0.663. The molecule has 0 amide bonds. The summed E-state index contributed by atoms with van der Waals surface area (Å²) in [6.07, 6.45) is 1.18. The largest absolute Gasteiger partial charge is 0.352 e. The zero-order valence-electron chi connectivity index (χ0n) is 13.9. The van der Waals surface area contributed by atoms with Crippen LogP contribution < -0.4 is 10.2 Å². The van der Waals surface area contributed by atoms with Gasteiger partial charge in [0.15, 0.2) is 0 Å². The number of pyridine rings is 1. The van der Waals surface area contributed by atoms with Gasteiger partial charge in [-0.25, -0.2) is 4.98 Å². The number of rotatable bonds is 6. The Bertz CT molecular complexity index is 448. The fourth-order valence-corrected chi connectivity index (χ4v) is 3.63. The van der Waals surface area contributed by atoms with E-state index in [1.807, 2.05) is 0 Å². The second kappa shape index (κ2) is 8.04. The molecule has 0 radical (unpaired) electrons. The Morgan fingerprint density at radius 1 is 1.43 bits per heavy atom. The highest BCUT2D eigenvalue weighted by Crippen LogP contribution is 2.25. The second-order valence-electron chi connectivity index (χ2n) is 6.21. The maximum absolute atomic E-state index is 4.92. The zero-order chi connectivity index (χ0) is 15.2. The van der Waals surface area contributed by atoms with E-state index in [1.165, 1.54) is 35.0 Å². The Labute approximate surface area is 133 Å². The molecule has 0 aliphatic carbocycles. The van der Waals surface area contributed by atoms with E-state index in [2.05, 4.69) is 61.8 Å². The molecule has 0 spiro atoms. The molecule has 1 unspecified atom stereocenters. The van der Waals surface area contributed by atoms with Gasteiger partial charge in [0.05, 0.1) is 0 Å². The van der Waals surface area contributed by atoms with Gasteiger partial charge in [0.25, 0.3) is 0 Å². The molecule has 118 valence electrons. The molecule has 1 saturated heterocycles. The maximum atomic E-state index is 4.92. The van der Waals surface area contributed by atoms with Crippen molar-refractivity contribution in [3.8, 4) is 0 Å². The van der Waals surface area contributed by atoms with E-state index in [4.69, 9.17) is 4.98 Å². The number of aromatic nitrogens is 1. The molecule has 1 fully saturated rings. The highest BCUT2D eigenvalue weighted by molar-refractivity contribution is 7.99. The van der Waals surface area contributed by atoms with Gasteiger partial charge in [0.1, 0.15) is 5.82 Å².